The predicted octanol–water partition coefficient (Wildman–Crippen LogP) is 11.4. The summed E-state index contributed by atoms with van der Waals surface area (Å²) in [7, 11) is 1.12. The van der Waals surface area contributed by atoms with Crippen LogP contribution in [0.5, 0.6) is 0 Å². The molecule has 20 heteroatoms. The van der Waals surface area contributed by atoms with E-state index in [4.69, 9.17) is 9.05 Å². The first-order valence-electron chi connectivity index (χ1n) is 20.5. The van der Waals surface area contributed by atoms with E-state index in [0.717, 1.165) is 63.8 Å². The first-order chi connectivity index (χ1) is 31.4. The Morgan fingerprint density at radius 3 is 1.97 bits per heavy atom. The number of nitrogens with zero attached hydrogens (tertiary/aromatic N) is 5. The average molecular weight is 971 g/mol. The molecule has 6 aromatic rings. The lowest BCUT2D eigenvalue weighted by Gasteiger charge is -2.36. The van der Waals surface area contributed by atoms with E-state index < -0.39 is 23.5 Å². The van der Waals surface area contributed by atoms with Crippen molar-refractivity contribution in [3.8, 4) is 0 Å². The Kier molecular flexibility index (Phi) is 17.7. The highest BCUT2D eigenvalue weighted by Gasteiger charge is 2.34. The van der Waals surface area contributed by atoms with Gasteiger partial charge in [0.25, 0.3) is 17.5 Å². The normalized spacial score (nSPS) is 12.7. The molecule has 2 N–H and O–H groups in total. The fraction of sp³-hybridized carbons (Fsp3) is 0.319. The number of benzene rings is 4. The van der Waals surface area contributed by atoms with Gasteiger partial charge in [0.05, 0.1) is 39.4 Å². The van der Waals surface area contributed by atoms with E-state index in [1.54, 1.807) is 34.9 Å². The second-order valence-corrected chi connectivity index (χ2v) is 17.1. The van der Waals surface area contributed by atoms with Crippen LogP contribution in [-0.4, -0.2) is 78.1 Å². The van der Waals surface area contributed by atoms with E-state index in [1.165, 1.54) is 23.9 Å². The van der Waals surface area contributed by atoms with Crippen LogP contribution in [-0.2, 0) is 23.9 Å². The Balaban J connectivity index is 0.000000247. The van der Waals surface area contributed by atoms with Gasteiger partial charge in [-0.05, 0) is 75.4 Å². The number of alkyl halides is 6. The molecule has 7 rings (SSSR count). The number of nitrogens with one attached hydrogen (secondary N) is 2. The van der Waals surface area contributed by atoms with Crippen LogP contribution < -0.4 is 15.5 Å². The minimum absolute atomic E-state index is 0. The summed E-state index contributed by atoms with van der Waals surface area (Å²) in [6.45, 7) is 7.84. The minimum atomic E-state index is -4.55. The monoisotopic (exact) mass is 970 g/mol. The predicted molar refractivity (Wildman–Crippen MR) is 247 cm³/mol. The van der Waals surface area contributed by atoms with Crippen molar-refractivity contribution >= 4 is 52.4 Å². The van der Waals surface area contributed by atoms with Gasteiger partial charge in [-0.1, -0.05) is 48.1 Å². The molecule has 1 fully saturated rings. The van der Waals surface area contributed by atoms with Gasteiger partial charge < -0.3 is 29.5 Å². The largest absolute Gasteiger partial charge is 0.416 e. The van der Waals surface area contributed by atoms with E-state index >= 15 is 0 Å². The molecule has 0 atom stereocenters. The average Bonchev–Trinajstić information content (AvgIpc) is 3.87. The fourth-order valence-corrected chi connectivity index (χ4v) is 8.97. The Morgan fingerprint density at radius 2 is 1.36 bits per heavy atom. The van der Waals surface area contributed by atoms with Crippen molar-refractivity contribution in [2.45, 2.75) is 61.8 Å². The molecule has 0 radical (unpaired) electrons. The number of thioether (sulfide) groups is 2. The third-order valence-corrected chi connectivity index (χ3v) is 12.5. The number of aryl methyl sites for hydroxylation is 3. The molecule has 0 unspecified atom stereocenters. The number of hydrogen-bond donors (Lipinski definition) is 2. The van der Waals surface area contributed by atoms with E-state index in [9.17, 15) is 40.8 Å². The molecule has 0 bridgehead atoms. The third-order valence-electron chi connectivity index (χ3n) is 10.3. The van der Waals surface area contributed by atoms with Gasteiger partial charge in [0.1, 0.15) is 17.2 Å². The molecular weight excluding hydrogens is 921 g/mol. The van der Waals surface area contributed by atoms with Crippen molar-refractivity contribution in [3.63, 3.8) is 0 Å². The number of nitroso groups, excluding NO2 is 1. The first-order valence-corrected chi connectivity index (χ1v) is 22.5. The molecule has 0 saturated carbocycles. The van der Waals surface area contributed by atoms with Gasteiger partial charge in [-0.3, -0.25) is 9.59 Å². The smallest absolute Gasteiger partial charge is 0.378 e. The molecule has 2 aromatic heterocycles. The Labute approximate surface area is 392 Å². The summed E-state index contributed by atoms with van der Waals surface area (Å²) < 4.78 is 88.6. The topological polar surface area (TPSA) is 137 Å². The quantitative estimate of drug-likeness (QED) is 0.0467. The maximum atomic E-state index is 13.3. The standard InChI is InChI=1S/C24H24F3N3O2S.C22H21F3N4O3S.CH4/c1-16-21(17(2)32-28-16)15-33-22-9-4-3-8-20(22)23(31)30-12-10-29(11-13-30)19-7-5-6-18(14-19)24(25,26)27;1-14-11-16(32-28-14)13-33-20-6-4-3-5-17(20)21(30)27-10-9-26-18-8-7-15(22(23,24)25)12-19(18)29(2)31;/h3-9,14H,10-13,15H2,1-2H3;3-8,11-12H,9-10,13H2,1-2H3,(H-,26,27,30,31);1H4/p+1. The fourth-order valence-electron chi connectivity index (χ4n) is 6.84. The summed E-state index contributed by atoms with van der Waals surface area (Å²) >= 11 is 3.01. The summed E-state index contributed by atoms with van der Waals surface area (Å²) in [5.41, 5.74) is 2.82. The molecule has 1 aliphatic heterocycles. The molecule has 2 amide bonds. The summed E-state index contributed by atoms with van der Waals surface area (Å²) in [5, 5.41) is 13.5. The van der Waals surface area contributed by atoms with Crippen molar-refractivity contribution in [1.29, 1.82) is 0 Å². The SMILES string of the molecule is C.Cc1cc(CSc2ccccc2C(=O)NCCNc2ccc(C(F)(F)F)cc2[N+](C)=O)on1.Cc1noc(C)c1CSc1ccccc1C(=O)N1CCN(c2cccc(C(F)(F)F)c2)CC1. The van der Waals surface area contributed by atoms with Gasteiger partial charge >= 0.3 is 12.4 Å². The number of carbonyl (C=O) groups excluding carboxylic acids is 2. The van der Waals surface area contributed by atoms with Crippen LogP contribution in [0.2, 0.25) is 0 Å². The van der Waals surface area contributed by atoms with E-state index in [1.807, 2.05) is 68.1 Å². The van der Waals surface area contributed by atoms with Gasteiger partial charge in [-0.25, -0.2) is 0 Å². The van der Waals surface area contributed by atoms with Crippen LogP contribution in [0.4, 0.5) is 43.4 Å². The lowest BCUT2D eigenvalue weighted by Crippen LogP contribution is -2.49. The van der Waals surface area contributed by atoms with Crippen LogP contribution in [0.3, 0.4) is 0 Å². The summed E-state index contributed by atoms with van der Waals surface area (Å²) in [6, 6.07) is 24.7. The van der Waals surface area contributed by atoms with Crippen LogP contribution >= 0.6 is 23.5 Å². The maximum Gasteiger partial charge on any atom is 0.416 e. The number of rotatable bonds is 14. The number of aromatic nitrogens is 2. The Hall–Kier alpha value is -6.28. The van der Waals surface area contributed by atoms with Crippen LogP contribution in [0.15, 0.2) is 116 Å². The zero-order valence-corrected chi connectivity index (χ0v) is 37.9. The molecule has 67 heavy (non-hydrogen) atoms. The zero-order valence-electron chi connectivity index (χ0n) is 36.3. The lowest BCUT2D eigenvalue weighted by molar-refractivity contribution is -0.427. The number of piperazine rings is 1. The maximum absolute atomic E-state index is 13.3. The second kappa shape index (κ2) is 23.0. The van der Waals surface area contributed by atoms with Gasteiger partial charge in [-0.2, -0.15) is 26.3 Å². The molecule has 3 heterocycles. The van der Waals surface area contributed by atoms with Crippen molar-refractivity contribution in [2.75, 3.05) is 56.5 Å². The van der Waals surface area contributed by atoms with Crippen LogP contribution in [0.25, 0.3) is 0 Å². The van der Waals surface area contributed by atoms with Crippen molar-refractivity contribution in [1.82, 2.24) is 20.5 Å². The van der Waals surface area contributed by atoms with E-state index in [0.29, 0.717) is 65.0 Å². The van der Waals surface area contributed by atoms with Crippen LogP contribution in [0, 0.1) is 25.7 Å². The molecule has 356 valence electrons. The molecule has 4 aromatic carbocycles. The first kappa shape index (κ1) is 51.7. The molecule has 12 nitrogen and oxygen atoms in total. The number of carbonyl (C=O) groups is 2. The summed E-state index contributed by atoms with van der Waals surface area (Å²) in [4.78, 5) is 42.9. The number of amides is 2. The van der Waals surface area contributed by atoms with Crippen molar-refractivity contribution in [2.24, 2.45) is 0 Å². The highest BCUT2D eigenvalue weighted by Crippen LogP contribution is 2.36. The van der Waals surface area contributed by atoms with Gasteiger partial charge in [-0.15, -0.1) is 23.5 Å². The van der Waals surface area contributed by atoms with Crippen molar-refractivity contribution in [3.05, 3.63) is 153 Å². The molecule has 0 aliphatic carbocycles. The van der Waals surface area contributed by atoms with Crippen LogP contribution in [0.1, 0.15) is 67.7 Å². The van der Waals surface area contributed by atoms with E-state index in [2.05, 4.69) is 20.9 Å². The second-order valence-electron chi connectivity index (χ2n) is 15.0. The van der Waals surface area contributed by atoms with Gasteiger partial charge in [0.2, 0.25) is 0 Å². The highest BCUT2D eigenvalue weighted by atomic mass is 32.2. The Morgan fingerprint density at radius 1 is 0.731 bits per heavy atom. The molecule has 1 aliphatic rings. The van der Waals surface area contributed by atoms with Gasteiger partial charge in [0, 0.05) is 87.9 Å². The van der Waals surface area contributed by atoms with Crippen molar-refractivity contribution < 1.29 is 49.7 Å². The molecular formula is C47H50F6N7O5S2+. The van der Waals surface area contributed by atoms with Gasteiger partial charge in [0.15, 0.2) is 7.05 Å². The number of hydrogen-bond acceptors (Lipinski definition) is 11. The molecule has 1 saturated heterocycles. The Bertz CT molecular complexity index is 2630. The lowest BCUT2D eigenvalue weighted by atomic mass is 10.1. The summed E-state index contributed by atoms with van der Waals surface area (Å²) in [5.74, 6) is 2.28. The number of anilines is 2. The molecule has 0 spiro atoms. The minimum Gasteiger partial charge on any atom is -0.378 e. The number of halogens is 6. The zero-order chi connectivity index (χ0) is 47.6. The van der Waals surface area contributed by atoms with E-state index in [-0.39, 0.29) is 43.7 Å². The highest BCUT2D eigenvalue weighted by molar-refractivity contribution is 7.98. The summed E-state index contributed by atoms with van der Waals surface area (Å²) in [6.07, 6.45) is -8.92. The third kappa shape index (κ3) is 13.9.